The van der Waals surface area contributed by atoms with Crippen molar-refractivity contribution in [3.05, 3.63) is 65.4 Å². The molecule has 1 amide bonds. The molecule has 3 aromatic rings. The van der Waals surface area contributed by atoms with Gasteiger partial charge in [-0.15, -0.1) is 0 Å². The van der Waals surface area contributed by atoms with Crippen LogP contribution in [0.15, 0.2) is 48.5 Å². The molecular formula is C22H17F3N2O3. The number of aryl methyl sites for hydroxylation is 1. The van der Waals surface area contributed by atoms with Crippen LogP contribution >= 0.6 is 0 Å². The van der Waals surface area contributed by atoms with Gasteiger partial charge in [-0.2, -0.15) is 13.2 Å². The van der Waals surface area contributed by atoms with E-state index in [2.05, 4.69) is 22.1 Å². The summed E-state index contributed by atoms with van der Waals surface area (Å²) in [4.78, 5) is 27.7. The summed E-state index contributed by atoms with van der Waals surface area (Å²) in [5.74, 6) is 3.74. The van der Waals surface area contributed by atoms with Gasteiger partial charge in [-0.1, -0.05) is 36.1 Å². The van der Waals surface area contributed by atoms with Crippen molar-refractivity contribution in [2.45, 2.75) is 13.1 Å². The molecular weight excluding hydrogens is 397 g/mol. The molecule has 0 bridgehead atoms. The predicted molar refractivity (Wildman–Crippen MR) is 105 cm³/mol. The number of halogens is 3. The molecule has 0 spiro atoms. The van der Waals surface area contributed by atoms with Gasteiger partial charge < -0.3 is 15.0 Å². The van der Waals surface area contributed by atoms with Gasteiger partial charge in [-0.3, -0.25) is 9.59 Å². The van der Waals surface area contributed by atoms with Crippen molar-refractivity contribution in [1.29, 1.82) is 0 Å². The molecule has 30 heavy (non-hydrogen) atoms. The molecule has 2 N–H and O–H groups in total. The highest BCUT2D eigenvalue weighted by Crippen LogP contribution is 2.31. The van der Waals surface area contributed by atoms with E-state index in [0.29, 0.717) is 16.6 Å². The summed E-state index contributed by atoms with van der Waals surface area (Å²) in [7, 11) is 0. The molecule has 5 nitrogen and oxygen atoms in total. The second kappa shape index (κ2) is 8.74. The van der Waals surface area contributed by atoms with Gasteiger partial charge in [0.05, 0.1) is 17.7 Å². The van der Waals surface area contributed by atoms with Crippen LogP contribution < -0.4 is 10.1 Å². The normalized spacial score (nSPS) is 10.9. The Morgan fingerprint density at radius 3 is 2.63 bits per heavy atom. The van der Waals surface area contributed by atoms with Crippen LogP contribution in [-0.4, -0.2) is 29.8 Å². The van der Waals surface area contributed by atoms with Crippen LogP contribution in [0.5, 0.6) is 5.75 Å². The first kappa shape index (κ1) is 21.0. The lowest BCUT2D eigenvalue weighted by atomic mass is 10.1. The second-order valence-corrected chi connectivity index (χ2v) is 6.35. The highest BCUT2D eigenvalue weighted by Gasteiger charge is 2.30. The number of carbonyl (C=O) groups is 2. The monoisotopic (exact) mass is 414 g/mol. The smallest absolute Gasteiger partial charge is 0.416 e. The molecule has 3 rings (SSSR count). The number of alkyl halides is 3. The Kier molecular flexibility index (Phi) is 6.11. The SMILES string of the molecule is Cc1[nH]c2ccccc2c1C(=O)C(=O)NCC#CCOc1cccc(C(F)(F)F)c1. The number of fused-ring (bicyclic) bond motifs is 1. The molecule has 0 aliphatic rings. The lowest BCUT2D eigenvalue weighted by Gasteiger charge is -2.08. The Balaban J connectivity index is 1.52. The third-order valence-corrected chi connectivity index (χ3v) is 4.26. The van der Waals surface area contributed by atoms with Crippen molar-refractivity contribution in [2.75, 3.05) is 13.2 Å². The molecule has 8 heteroatoms. The number of ketones is 1. The number of Topliss-reactive ketones (excluding diaryl/α,β-unsaturated/α-hetero) is 1. The van der Waals surface area contributed by atoms with Gasteiger partial charge in [0.25, 0.3) is 11.7 Å². The molecule has 0 saturated heterocycles. The lowest BCUT2D eigenvalue weighted by Crippen LogP contribution is -2.31. The minimum absolute atomic E-state index is 0.0353. The number of aromatic amines is 1. The second-order valence-electron chi connectivity index (χ2n) is 6.35. The first-order valence-corrected chi connectivity index (χ1v) is 8.93. The molecule has 0 saturated carbocycles. The quantitative estimate of drug-likeness (QED) is 0.378. The Morgan fingerprint density at radius 1 is 1.10 bits per heavy atom. The van der Waals surface area contributed by atoms with E-state index in [4.69, 9.17) is 4.74 Å². The maximum absolute atomic E-state index is 12.7. The van der Waals surface area contributed by atoms with E-state index in [1.54, 1.807) is 19.1 Å². The molecule has 1 aromatic heterocycles. The maximum Gasteiger partial charge on any atom is 0.416 e. The van der Waals surface area contributed by atoms with Gasteiger partial charge in [0, 0.05) is 16.6 Å². The highest BCUT2D eigenvalue weighted by molar-refractivity contribution is 6.45. The zero-order valence-corrected chi connectivity index (χ0v) is 15.9. The summed E-state index contributed by atoms with van der Waals surface area (Å²) in [5.41, 5.74) is 0.852. The number of hydrogen-bond donors (Lipinski definition) is 2. The average molecular weight is 414 g/mol. The molecule has 0 atom stereocenters. The van der Waals surface area contributed by atoms with Gasteiger partial charge in [0.1, 0.15) is 12.4 Å². The third kappa shape index (κ3) is 4.81. The standard InChI is InChI=1S/C22H17F3N2O3/c1-14-19(17-9-2-3-10-18(17)27-14)20(28)21(29)26-11-4-5-12-30-16-8-6-7-15(13-16)22(23,24)25/h2-3,6-10,13,27H,11-12H2,1H3,(H,26,29). The Labute approximate surface area is 170 Å². The maximum atomic E-state index is 12.7. The van der Waals surface area contributed by atoms with Crippen LogP contribution in [0.2, 0.25) is 0 Å². The van der Waals surface area contributed by atoms with Crippen molar-refractivity contribution in [3.8, 4) is 17.6 Å². The van der Waals surface area contributed by atoms with Crippen molar-refractivity contribution < 1.29 is 27.5 Å². The summed E-state index contributed by atoms with van der Waals surface area (Å²) >= 11 is 0. The fourth-order valence-electron chi connectivity index (χ4n) is 2.88. The van der Waals surface area contributed by atoms with Crippen molar-refractivity contribution in [2.24, 2.45) is 0 Å². The Morgan fingerprint density at radius 2 is 1.87 bits per heavy atom. The van der Waals surface area contributed by atoms with Crippen LogP contribution in [0.3, 0.4) is 0 Å². The number of para-hydroxylation sites is 1. The van der Waals surface area contributed by atoms with Gasteiger partial charge in [0.2, 0.25) is 0 Å². The number of H-pyrrole nitrogens is 1. The number of nitrogens with one attached hydrogen (secondary N) is 2. The van der Waals surface area contributed by atoms with Crippen molar-refractivity contribution >= 4 is 22.6 Å². The van der Waals surface area contributed by atoms with E-state index >= 15 is 0 Å². The molecule has 154 valence electrons. The topological polar surface area (TPSA) is 71.2 Å². The third-order valence-electron chi connectivity index (χ3n) is 4.26. The molecule has 1 heterocycles. The van der Waals surface area contributed by atoms with E-state index in [0.717, 1.165) is 17.6 Å². The zero-order chi connectivity index (χ0) is 21.7. The highest BCUT2D eigenvalue weighted by atomic mass is 19.4. The fourth-order valence-corrected chi connectivity index (χ4v) is 2.88. The Hall–Kier alpha value is -3.73. The Bertz CT molecular complexity index is 1150. The van der Waals surface area contributed by atoms with Crippen molar-refractivity contribution in [3.63, 3.8) is 0 Å². The van der Waals surface area contributed by atoms with E-state index in [1.807, 2.05) is 12.1 Å². The zero-order valence-electron chi connectivity index (χ0n) is 15.9. The minimum atomic E-state index is -4.45. The molecule has 0 fully saturated rings. The lowest BCUT2D eigenvalue weighted by molar-refractivity contribution is -0.137. The largest absolute Gasteiger partial charge is 0.481 e. The molecule has 0 aliphatic heterocycles. The summed E-state index contributed by atoms with van der Waals surface area (Å²) < 4.78 is 43.1. The molecule has 0 aliphatic carbocycles. The van der Waals surface area contributed by atoms with Gasteiger partial charge >= 0.3 is 6.18 Å². The average Bonchev–Trinajstić information content (AvgIpc) is 3.05. The van der Waals surface area contributed by atoms with Crippen LogP contribution in [0.25, 0.3) is 10.9 Å². The molecule has 0 unspecified atom stereocenters. The van der Waals surface area contributed by atoms with E-state index in [1.165, 1.54) is 12.1 Å². The van der Waals surface area contributed by atoms with Crippen molar-refractivity contribution in [1.82, 2.24) is 10.3 Å². The summed E-state index contributed by atoms with van der Waals surface area (Å²) in [5, 5.41) is 3.07. The van der Waals surface area contributed by atoms with E-state index in [-0.39, 0.29) is 18.9 Å². The van der Waals surface area contributed by atoms with E-state index in [9.17, 15) is 22.8 Å². The summed E-state index contributed by atoms with van der Waals surface area (Å²) in [6.45, 7) is 1.45. The first-order valence-electron chi connectivity index (χ1n) is 8.93. The fraction of sp³-hybridized carbons (Fsp3) is 0.182. The number of rotatable bonds is 5. The van der Waals surface area contributed by atoms with Gasteiger partial charge in [0.15, 0.2) is 0 Å². The first-order chi connectivity index (χ1) is 14.3. The number of carbonyl (C=O) groups excluding carboxylic acids is 2. The number of amides is 1. The van der Waals surface area contributed by atoms with Gasteiger partial charge in [-0.05, 0) is 31.2 Å². The number of benzene rings is 2. The number of ether oxygens (including phenoxy) is 1. The predicted octanol–water partition coefficient (Wildman–Crippen LogP) is 3.88. The van der Waals surface area contributed by atoms with Crippen LogP contribution in [0, 0.1) is 18.8 Å². The number of aromatic nitrogens is 1. The summed E-state index contributed by atoms with van der Waals surface area (Å²) in [6, 6.07) is 11.6. The van der Waals surface area contributed by atoms with Gasteiger partial charge in [-0.25, -0.2) is 0 Å². The molecule has 0 radical (unpaired) electrons. The summed E-state index contributed by atoms with van der Waals surface area (Å²) in [6.07, 6.45) is -4.45. The van der Waals surface area contributed by atoms with Crippen LogP contribution in [-0.2, 0) is 11.0 Å². The van der Waals surface area contributed by atoms with Crippen LogP contribution in [0.4, 0.5) is 13.2 Å². The molecule has 2 aromatic carbocycles. The van der Waals surface area contributed by atoms with E-state index < -0.39 is 23.4 Å². The minimum Gasteiger partial charge on any atom is -0.481 e. The number of hydrogen-bond acceptors (Lipinski definition) is 3. The van der Waals surface area contributed by atoms with Crippen LogP contribution in [0.1, 0.15) is 21.6 Å².